The zero-order valence-electron chi connectivity index (χ0n) is 13.7. The van der Waals surface area contributed by atoms with Crippen LogP contribution in [0.25, 0.3) is 17.0 Å². The van der Waals surface area contributed by atoms with E-state index < -0.39 is 12.6 Å². The van der Waals surface area contributed by atoms with Crippen molar-refractivity contribution in [2.45, 2.75) is 25.1 Å². The highest BCUT2D eigenvalue weighted by Gasteiger charge is 2.24. The van der Waals surface area contributed by atoms with Gasteiger partial charge in [-0.3, -0.25) is 4.40 Å². The van der Waals surface area contributed by atoms with E-state index in [4.69, 9.17) is 0 Å². The molecule has 0 aromatic carbocycles. The highest BCUT2D eigenvalue weighted by atomic mass is 19.3. The van der Waals surface area contributed by atoms with Crippen molar-refractivity contribution >= 4 is 11.5 Å². The van der Waals surface area contributed by atoms with Gasteiger partial charge in [-0.25, -0.2) is 28.1 Å². The molecule has 3 aromatic heterocycles. The van der Waals surface area contributed by atoms with Crippen LogP contribution in [0.3, 0.4) is 0 Å². The van der Waals surface area contributed by atoms with Gasteiger partial charge in [0.15, 0.2) is 5.65 Å². The highest BCUT2D eigenvalue weighted by Crippen LogP contribution is 2.23. The van der Waals surface area contributed by atoms with E-state index >= 15 is 0 Å². The average molecular weight is 362 g/mol. The summed E-state index contributed by atoms with van der Waals surface area (Å²) in [5.74, 6) is 0.525. The SMILES string of the molecule is FC(F)c1cn2c(-c3cccc(N[C@H]4CNCC[C@@H]4F)n3)cnc2cn1. The summed E-state index contributed by atoms with van der Waals surface area (Å²) in [6.07, 6.45) is 0.946. The van der Waals surface area contributed by atoms with Gasteiger partial charge in [-0.2, -0.15) is 0 Å². The largest absolute Gasteiger partial charge is 0.363 e. The molecule has 0 bridgehead atoms. The first-order chi connectivity index (χ1) is 12.6. The van der Waals surface area contributed by atoms with Crippen molar-refractivity contribution in [1.82, 2.24) is 24.7 Å². The second-order valence-corrected chi connectivity index (χ2v) is 6.15. The number of hydrogen-bond donors (Lipinski definition) is 2. The number of anilines is 1. The molecule has 9 heteroatoms. The zero-order chi connectivity index (χ0) is 18.1. The molecule has 0 spiro atoms. The first-order valence-corrected chi connectivity index (χ1v) is 8.32. The molecule has 2 N–H and O–H groups in total. The summed E-state index contributed by atoms with van der Waals surface area (Å²) in [7, 11) is 0. The van der Waals surface area contributed by atoms with Gasteiger partial charge < -0.3 is 10.6 Å². The number of hydrogen-bond acceptors (Lipinski definition) is 5. The highest BCUT2D eigenvalue weighted by molar-refractivity contribution is 5.61. The van der Waals surface area contributed by atoms with Gasteiger partial charge in [0.05, 0.1) is 29.8 Å². The predicted molar refractivity (Wildman–Crippen MR) is 91.0 cm³/mol. The number of imidazole rings is 1. The topological polar surface area (TPSA) is 67.1 Å². The smallest absolute Gasteiger partial charge is 0.281 e. The first-order valence-electron chi connectivity index (χ1n) is 8.32. The Bertz CT molecular complexity index is 912. The maximum absolute atomic E-state index is 14.0. The van der Waals surface area contributed by atoms with Gasteiger partial charge in [-0.15, -0.1) is 0 Å². The average Bonchev–Trinajstić information content (AvgIpc) is 3.07. The van der Waals surface area contributed by atoms with E-state index in [0.717, 1.165) is 0 Å². The quantitative estimate of drug-likeness (QED) is 0.747. The van der Waals surface area contributed by atoms with Gasteiger partial charge in [-0.1, -0.05) is 6.07 Å². The van der Waals surface area contributed by atoms with Crippen LogP contribution in [0.2, 0.25) is 0 Å². The van der Waals surface area contributed by atoms with E-state index in [1.54, 1.807) is 24.4 Å². The number of nitrogens with zero attached hydrogens (tertiary/aromatic N) is 4. The molecular weight excluding hydrogens is 345 g/mol. The molecule has 6 nitrogen and oxygen atoms in total. The Hall–Kier alpha value is -2.68. The van der Waals surface area contributed by atoms with Crippen LogP contribution in [0.1, 0.15) is 18.5 Å². The van der Waals surface area contributed by atoms with E-state index in [0.29, 0.717) is 42.4 Å². The van der Waals surface area contributed by atoms with Crippen molar-refractivity contribution in [2.24, 2.45) is 0 Å². The fourth-order valence-corrected chi connectivity index (χ4v) is 3.02. The summed E-state index contributed by atoms with van der Waals surface area (Å²) < 4.78 is 41.4. The van der Waals surface area contributed by atoms with Crippen LogP contribution in [0.15, 0.2) is 36.8 Å². The Labute approximate surface area is 147 Å². The Morgan fingerprint density at radius 3 is 2.92 bits per heavy atom. The Kier molecular flexibility index (Phi) is 4.46. The number of halogens is 3. The van der Waals surface area contributed by atoms with Crippen LogP contribution >= 0.6 is 0 Å². The van der Waals surface area contributed by atoms with Gasteiger partial charge in [0, 0.05) is 12.7 Å². The van der Waals surface area contributed by atoms with Crippen molar-refractivity contribution in [1.29, 1.82) is 0 Å². The standard InChI is InChI=1S/C17H17F3N6/c18-10-4-5-21-6-12(10)25-15-3-1-2-11(24-15)14-7-23-16-8-22-13(17(19)20)9-26(14)16/h1-3,7-10,12,17,21H,4-6H2,(H,24,25)/t10-,12-/m0/s1. The molecule has 4 rings (SSSR count). The minimum Gasteiger partial charge on any atom is -0.363 e. The second kappa shape index (κ2) is 6.91. The lowest BCUT2D eigenvalue weighted by molar-refractivity contribution is 0.145. The fraction of sp³-hybridized carbons (Fsp3) is 0.353. The molecular formula is C17H17F3N6. The van der Waals surface area contributed by atoms with Gasteiger partial charge in [0.1, 0.15) is 17.7 Å². The Balaban J connectivity index is 1.66. The maximum atomic E-state index is 14.0. The zero-order valence-corrected chi connectivity index (χ0v) is 13.7. The monoisotopic (exact) mass is 362 g/mol. The number of rotatable bonds is 4. The van der Waals surface area contributed by atoms with Crippen LogP contribution in [-0.2, 0) is 0 Å². The van der Waals surface area contributed by atoms with Crippen molar-refractivity contribution < 1.29 is 13.2 Å². The molecule has 1 fully saturated rings. The lowest BCUT2D eigenvalue weighted by Crippen LogP contribution is -2.46. The normalized spacial score (nSPS) is 20.6. The number of pyridine rings is 1. The number of alkyl halides is 3. The van der Waals surface area contributed by atoms with Crippen LogP contribution in [0.4, 0.5) is 19.0 Å². The van der Waals surface area contributed by atoms with Crippen molar-refractivity contribution in [3.05, 3.63) is 42.5 Å². The molecule has 0 unspecified atom stereocenters. The molecule has 1 aliphatic heterocycles. The van der Waals surface area contributed by atoms with Gasteiger partial charge in [0.25, 0.3) is 6.43 Å². The third kappa shape index (κ3) is 3.22. The lowest BCUT2D eigenvalue weighted by atomic mass is 10.1. The van der Waals surface area contributed by atoms with E-state index in [9.17, 15) is 13.2 Å². The summed E-state index contributed by atoms with van der Waals surface area (Å²) in [6, 6.07) is 4.93. The first kappa shape index (κ1) is 16.8. The number of piperidine rings is 1. The molecule has 0 radical (unpaired) electrons. The van der Waals surface area contributed by atoms with Crippen molar-refractivity contribution in [3.63, 3.8) is 0 Å². The molecule has 136 valence electrons. The lowest BCUT2D eigenvalue weighted by Gasteiger charge is -2.28. The molecule has 0 amide bonds. The van der Waals surface area contributed by atoms with Crippen molar-refractivity contribution in [3.8, 4) is 11.4 Å². The van der Waals surface area contributed by atoms with Crippen LogP contribution in [-0.4, -0.2) is 44.7 Å². The van der Waals surface area contributed by atoms with Crippen molar-refractivity contribution in [2.75, 3.05) is 18.4 Å². The molecule has 0 saturated carbocycles. The molecule has 4 heterocycles. The van der Waals surface area contributed by atoms with Crippen LogP contribution in [0.5, 0.6) is 0 Å². The summed E-state index contributed by atoms with van der Waals surface area (Å²) in [4.78, 5) is 12.4. The number of nitrogens with one attached hydrogen (secondary N) is 2. The van der Waals surface area contributed by atoms with Crippen LogP contribution in [0, 0.1) is 0 Å². The molecule has 2 atom stereocenters. The van der Waals surface area contributed by atoms with Crippen LogP contribution < -0.4 is 10.6 Å². The second-order valence-electron chi connectivity index (χ2n) is 6.15. The van der Waals surface area contributed by atoms with Gasteiger partial charge >= 0.3 is 0 Å². The third-order valence-electron chi connectivity index (χ3n) is 4.38. The molecule has 26 heavy (non-hydrogen) atoms. The Morgan fingerprint density at radius 2 is 2.12 bits per heavy atom. The molecule has 1 saturated heterocycles. The molecule has 1 aliphatic rings. The number of fused-ring (bicyclic) bond motifs is 1. The summed E-state index contributed by atoms with van der Waals surface area (Å²) in [5.41, 5.74) is 1.23. The van der Waals surface area contributed by atoms with E-state index in [2.05, 4.69) is 25.6 Å². The summed E-state index contributed by atoms with van der Waals surface area (Å²) in [6.45, 7) is 1.18. The minimum absolute atomic E-state index is 0.334. The molecule has 3 aromatic rings. The maximum Gasteiger partial charge on any atom is 0.281 e. The third-order valence-corrected chi connectivity index (χ3v) is 4.38. The number of aromatic nitrogens is 4. The van der Waals surface area contributed by atoms with E-state index in [-0.39, 0.29) is 11.7 Å². The predicted octanol–water partition coefficient (Wildman–Crippen LogP) is 2.84. The molecule has 0 aliphatic carbocycles. The summed E-state index contributed by atoms with van der Waals surface area (Å²) >= 11 is 0. The summed E-state index contributed by atoms with van der Waals surface area (Å²) in [5, 5.41) is 6.25. The Morgan fingerprint density at radius 1 is 1.23 bits per heavy atom. The van der Waals surface area contributed by atoms with Gasteiger partial charge in [-0.05, 0) is 25.1 Å². The minimum atomic E-state index is -2.67. The van der Waals surface area contributed by atoms with E-state index in [1.165, 1.54) is 16.8 Å². The fourth-order valence-electron chi connectivity index (χ4n) is 3.02. The van der Waals surface area contributed by atoms with Gasteiger partial charge in [0.2, 0.25) is 0 Å². The van der Waals surface area contributed by atoms with E-state index in [1.807, 2.05) is 0 Å².